The lowest BCUT2D eigenvalue weighted by molar-refractivity contribution is 0.368. The van der Waals surface area contributed by atoms with E-state index in [0.717, 1.165) is 40.7 Å². The highest BCUT2D eigenvalue weighted by atomic mass is 16.5. The van der Waals surface area contributed by atoms with Gasteiger partial charge in [-0.2, -0.15) is 0 Å². The first-order valence-electron chi connectivity index (χ1n) is 7.85. The maximum atomic E-state index is 5.41. The molecule has 1 aromatic heterocycles. The van der Waals surface area contributed by atoms with Gasteiger partial charge in [-0.25, -0.2) is 4.98 Å². The molecule has 1 heterocycles. The predicted molar refractivity (Wildman–Crippen MR) is 86.5 cm³/mol. The fourth-order valence-electron chi connectivity index (χ4n) is 3.31. The molecule has 0 saturated heterocycles. The first kappa shape index (κ1) is 14.3. The molecule has 0 amide bonds. The molecule has 1 saturated carbocycles. The van der Waals surface area contributed by atoms with E-state index >= 15 is 0 Å². The van der Waals surface area contributed by atoms with E-state index in [4.69, 9.17) is 9.72 Å². The Kier molecular flexibility index (Phi) is 4.11. The Morgan fingerprint density at radius 1 is 1.19 bits per heavy atom. The van der Waals surface area contributed by atoms with Crippen LogP contribution in [0.5, 0.6) is 5.75 Å². The summed E-state index contributed by atoms with van der Waals surface area (Å²) >= 11 is 0. The number of para-hydroxylation sites is 1. The van der Waals surface area contributed by atoms with E-state index in [-0.39, 0.29) is 0 Å². The summed E-state index contributed by atoms with van der Waals surface area (Å²) in [5, 5.41) is 4.80. The summed E-state index contributed by atoms with van der Waals surface area (Å²) in [7, 11) is 1.70. The molecule has 1 fully saturated rings. The van der Waals surface area contributed by atoms with Gasteiger partial charge in [0.1, 0.15) is 11.3 Å². The number of fused-ring (bicyclic) bond motifs is 1. The second-order valence-corrected chi connectivity index (χ2v) is 6.24. The van der Waals surface area contributed by atoms with Gasteiger partial charge in [0, 0.05) is 18.0 Å². The monoisotopic (exact) mass is 284 g/mol. The highest BCUT2D eigenvalue weighted by molar-refractivity contribution is 5.84. The van der Waals surface area contributed by atoms with Crippen LogP contribution < -0.4 is 10.1 Å². The largest absolute Gasteiger partial charge is 0.494 e. The summed E-state index contributed by atoms with van der Waals surface area (Å²) in [6.45, 7) is 5.54. The second-order valence-electron chi connectivity index (χ2n) is 6.24. The zero-order chi connectivity index (χ0) is 14.8. The summed E-state index contributed by atoms with van der Waals surface area (Å²) in [4.78, 5) is 4.76. The minimum Gasteiger partial charge on any atom is -0.494 e. The maximum Gasteiger partial charge on any atom is 0.145 e. The lowest BCUT2D eigenvalue weighted by Crippen LogP contribution is -2.32. The molecule has 3 nitrogen and oxygen atoms in total. The number of nitrogens with zero attached hydrogens (tertiary/aromatic N) is 1. The van der Waals surface area contributed by atoms with Crippen LogP contribution in [-0.4, -0.2) is 18.1 Å². The lowest BCUT2D eigenvalue weighted by Gasteiger charge is -2.19. The average molecular weight is 284 g/mol. The smallest absolute Gasteiger partial charge is 0.145 e. The summed E-state index contributed by atoms with van der Waals surface area (Å²) < 4.78 is 5.41. The fourth-order valence-corrected chi connectivity index (χ4v) is 3.31. The number of nitrogens with one attached hydrogen (secondary N) is 1. The lowest BCUT2D eigenvalue weighted by atomic mass is 9.98. The molecule has 3 heteroatoms. The number of rotatable bonds is 4. The number of hydrogen-bond acceptors (Lipinski definition) is 3. The van der Waals surface area contributed by atoms with Crippen LogP contribution in [0, 0.1) is 11.8 Å². The van der Waals surface area contributed by atoms with Gasteiger partial charge in [0.25, 0.3) is 0 Å². The van der Waals surface area contributed by atoms with Gasteiger partial charge in [-0.3, -0.25) is 0 Å². The van der Waals surface area contributed by atoms with Crippen molar-refractivity contribution in [2.45, 2.75) is 39.3 Å². The van der Waals surface area contributed by atoms with Crippen LogP contribution in [0.2, 0.25) is 0 Å². The quantitative estimate of drug-likeness (QED) is 0.928. The minimum atomic E-state index is 0.621. The van der Waals surface area contributed by atoms with Crippen LogP contribution in [-0.2, 0) is 6.54 Å². The number of pyridine rings is 1. The first-order chi connectivity index (χ1) is 10.2. The van der Waals surface area contributed by atoms with E-state index in [1.54, 1.807) is 7.11 Å². The molecule has 0 radical (unpaired) electrons. The van der Waals surface area contributed by atoms with Crippen LogP contribution in [0.15, 0.2) is 30.3 Å². The van der Waals surface area contributed by atoms with E-state index < -0.39 is 0 Å². The zero-order valence-corrected chi connectivity index (χ0v) is 13.1. The summed E-state index contributed by atoms with van der Waals surface area (Å²) in [6, 6.07) is 10.9. The highest BCUT2D eigenvalue weighted by Gasteiger charge is 2.29. The number of ether oxygens (including phenoxy) is 1. The van der Waals surface area contributed by atoms with Gasteiger partial charge in [0.2, 0.25) is 0 Å². The van der Waals surface area contributed by atoms with Gasteiger partial charge >= 0.3 is 0 Å². The second kappa shape index (κ2) is 6.02. The molecular weight excluding hydrogens is 260 g/mol. The molecule has 21 heavy (non-hydrogen) atoms. The van der Waals surface area contributed by atoms with Crippen molar-refractivity contribution >= 4 is 10.9 Å². The number of hydrogen-bond donors (Lipinski definition) is 1. The predicted octanol–water partition coefficient (Wildman–Crippen LogP) is 3.77. The van der Waals surface area contributed by atoms with Crippen molar-refractivity contribution in [3.05, 3.63) is 36.0 Å². The van der Waals surface area contributed by atoms with E-state index in [1.165, 1.54) is 12.8 Å². The summed E-state index contributed by atoms with van der Waals surface area (Å²) in [5.41, 5.74) is 2.03. The third kappa shape index (κ3) is 2.88. The minimum absolute atomic E-state index is 0.621. The molecule has 1 aliphatic carbocycles. The first-order valence-corrected chi connectivity index (χ1v) is 7.85. The average Bonchev–Trinajstić information content (AvgIpc) is 2.84. The van der Waals surface area contributed by atoms with Crippen molar-refractivity contribution in [1.29, 1.82) is 0 Å². The molecule has 112 valence electrons. The van der Waals surface area contributed by atoms with Crippen molar-refractivity contribution < 1.29 is 4.74 Å². The van der Waals surface area contributed by atoms with Crippen LogP contribution >= 0.6 is 0 Å². The number of benzene rings is 1. The van der Waals surface area contributed by atoms with Gasteiger partial charge in [0.15, 0.2) is 0 Å². The van der Waals surface area contributed by atoms with Crippen molar-refractivity contribution in [3.63, 3.8) is 0 Å². The Morgan fingerprint density at radius 3 is 2.76 bits per heavy atom. The zero-order valence-electron chi connectivity index (χ0n) is 13.1. The van der Waals surface area contributed by atoms with Crippen LogP contribution in [0.25, 0.3) is 10.9 Å². The summed E-state index contributed by atoms with van der Waals surface area (Å²) in [5.74, 6) is 2.42. The Labute approximate surface area is 126 Å². The van der Waals surface area contributed by atoms with Crippen molar-refractivity contribution in [2.75, 3.05) is 7.11 Å². The topological polar surface area (TPSA) is 34.1 Å². The van der Waals surface area contributed by atoms with E-state index in [1.807, 2.05) is 12.1 Å². The maximum absolute atomic E-state index is 5.41. The third-order valence-corrected chi connectivity index (χ3v) is 4.97. The SMILES string of the molecule is COc1cccc2ccc(CNC3CCC(C)C3C)nc12. The van der Waals surface area contributed by atoms with Gasteiger partial charge < -0.3 is 10.1 Å². The molecule has 3 unspecified atom stereocenters. The third-order valence-electron chi connectivity index (χ3n) is 4.97. The van der Waals surface area contributed by atoms with E-state index in [9.17, 15) is 0 Å². The fraction of sp³-hybridized carbons (Fsp3) is 0.500. The number of methoxy groups -OCH3 is 1. The summed E-state index contributed by atoms with van der Waals surface area (Å²) in [6.07, 6.45) is 2.61. The standard InChI is InChI=1S/C18H24N2O/c1-12-7-10-16(13(12)2)19-11-15-9-8-14-5-4-6-17(21-3)18(14)20-15/h4-6,8-9,12-13,16,19H,7,10-11H2,1-3H3. The van der Waals surface area contributed by atoms with Crippen LogP contribution in [0.1, 0.15) is 32.4 Å². The Hall–Kier alpha value is -1.61. The van der Waals surface area contributed by atoms with Gasteiger partial charge in [0.05, 0.1) is 12.8 Å². The Bertz CT molecular complexity index is 626. The molecule has 0 aliphatic heterocycles. The van der Waals surface area contributed by atoms with Crippen molar-refractivity contribution in [3.8, 4) is 5.75 Å². The molecule has 3 atom stereocenters. The molecule has 1 aromatic carbocycles. The Balaban J connectivity index is 1.75. The van der Waals surface area contributed by atoms with E-state index in [0.29, 0.717) is 6.04 Å². The molecule has 1 aliphatic rings. The normalized spacial score (nSPS) is 25.4. The molecule has 0 spiro atoms. The van der Waals surface area contributed by atoms with Crippen molar-refractivity contribution in [1.82, 2.24) is 10.3 Å². The van der Waals surface area contributed by atoms with Gasteiger partial charge in [-0.1, -0.05) is 32.0 Å². The van der Waals surface area contributed by atoms with Gasteiger partial charge in [-0.15, -0.1) is 0 Å². The molecule has 1 N–H and O–H groups in total. The molecule has 2 aromatic rings. The Morgan fingerprint density at radius 2 is 2.05 bits per heavy atom. The molecular formula is C18H24N2O. The number of aromatic nitrogens is 1. The highest BCUT2D eigenvalue weighted by Crippen LogP contribution is 2.31. The molecule has 0 bridgehead atoms. The van der Waals surface area contributed by atoms with Crippen LogP contribution in [0.3, 0.4) is 0 Å². The van der Waals surface area contributed by atoms with Crippen molar-refractivity contribution in [2.24, 2.45) is 11.8 Å². The molecule has 3 rings (SSSR count). The van der Waals surface area contributed by atoms with Gasteiger partial charge in [-0.05, 0) is 36.8 Å². The van der Waals surface area contributed by atoms with Crippen LogP contribution in [0.4, 0.5) is 0 Å². The van der Waals surface area contributed by atoms with E-state index in [2.05, 4.69) is 37.4 Å².